The number of nitro groups is 1. The Balaban J connectivity index is 2.90. The minimum absolute atomic E-state index is 0.307. The molecule has 10 heteroatoms. The van der Waals surface area contributed by atoms with Crippen LogP contribution in [0.3, 0.4) is 0 Å². The van der Waals surface area contributed by atoms with Crippen LogP contribution >= 0.6 is 0 Å². The number of nitrogens with zero attached hydrogens (tertiary/aromatic N) is 6. The summed E-state index contributed by atoms with van der Waals surface area (Å²) in [5, 5.41) is 17.8. The molecule has 1 aromatic rings. The minimum atomic E-state index is -1.54. The summed E-state index contributed by atoms with van der Waals surface area (Å²) >= 11 is 0. The summed E-state index contributed by atoms with van der Waals surface area (Å²) in [6.45, 7) is 0. The van der Waals surface area contributed by atoms with Crippen LogP contribution in [0.5, 0.6) is 0 Å². The topological polar surface area (TPSA) is 90.0 Å². The Labute approximate surface area is 57.0 Å². The highest BCUT2D eigenvalue weighted by atomic mass is 19.4. The molecule has 0 aliphatic heterocycles. The van der Waals surface area contributed by atoms with Crippen LogP contribution in [-0.2, 0) is 0 Å². The first kappa shape index (κ1) is 7.24. The lowest BCUT2D eigenvalue weighted by molar-refractivity contribution is -0.394. The first-order valence-electron chi connectivity index (χ1n) is 2.17. The van der Waals surface area contributed by atoms with Crippen molar-refractivity contribution in [1.29, 1.82) is 0 Å². The smallest absolute Gasteiger partial charge is 0.390 e. The van der Waals surface area contributed by atoms with E-state index in [2.05, 4.69) is 15.4 Å². The van der Waals surface area contributed by atoms with Gasteiger partial charge in [0, 0.05) is 0 Å². The summed E-state index contributed by atoms with van der Waals surface area (Å²) in [6, 6.07) is 0. The number of aromatic nitrogens is 4. The van der Waals surface area contributed by atoms with Gasteiger partial charge in [0.15, 0.2) is 0 Å². The Morgan fingerprint density at radius 3 is 2.55 bits per heavy atom. The van der Waals surface area contributed by atoms with E-state index in [1.165, 1.54) is 0 Å². The standard InChI is InChI=1S/CF2N6O2/c2-8(3)9-5-1(4-6-9)7(10)11. The minimum Gasteiger partial charge on any atom is -0.390 e. The molecule has 11 heavy (non-hydrogen) atoms. The third-order valence-electron chi connectivity index (χ3n) is 0.692. The largest absolute Gasteiger partial charge is 0.516 e. The zero-order valence-electron chi connectivity index (χ0n) is 4.76. The van der Waals surface area contributed by atoms with E-state index < -0.39 is 16.3 Å². The highest BCUT2D eigenvalue weighted by Gasteiger charge is 2.19. The molecule has 0 bridgehead atoms. The molecule has 0 saturated carbocycles. The maximum Gasteiger partial charge on any atom is 0.516 e. The van der Waals surface area contributed by atoms with E-state index >= 15 is 0 Å². The maximum absolute atomic E-state index is 11.5. The number of hydrogen-bond donors (Lipinski definition) is 0. The second-order valence-electron chi connectivity index (χ2n) is 1.33. The Morgan fingerprint density at radius 2 is 2.27 bits per heavy atom. The van der Waals surface area contributed by atoms with Gasteiger partial charge in [-0.15, -0.1) is 0 Å². The Kier molecular flexibility index (Phi) is 1.58. The van der Waals surface area contributed by atoms with Crippen molar-refractivity contribution in [1.82, 2.24) is 20.3 Å². The molecular weight excluding hydrogens is 166 g/mol. The van der Waals surface area contributed by atoms with Gasteiger partial charge in [0.25, 0.3) is 0 Å². The molecule has 1 heterocycles. The summed E-state index contributed by atoms with van der Waals surface area (Å²) in [7, 11) is 0. The van der Waals surface area contributed by atoms with Crippen LogP contribution in [0.25, 0.3) is 0 Å². The van der Waals surface area contributed by atoms with Gasteiger partial charge in [0.2, 0.25) is 0 Å². The lowest BCUT2D eigenvalue weighted by Crippen LogP contribution is -2.18. The van der Waals surface area contributed by atoms with E-state index in [4.69, 9.17) is 0 Å². The number of tetrazole rings is 1. The molecule has 0 atom stereocenters. The lowest BCUT2D eigenvalue weighted by atomic mass is 11.1. The molecule has 0 N–H and O–H groups in total. The molecule has 8 nitrogen and oxygen atoms in total. The number of hydrogen-bond acceptors (Lipinski definition) is 6. The zero-order valence-corrected chi connectivity index (χ0v) is 4.76. The van der Waals surface area contributed by atoms with Gasteiger partial charge in [0.05, 0.1) is 25.8 Å². The molecule has 0 spiro atoms. The average molecular weight is 166 g/mol. The fourth-order valence-electron chi connectivity index (χ4n) is 0.337. The van der Waals surface area contributed by atoms with Crippen LogP contribution in [0, 0.1) is 10.1 Å². The third-order valence-corrected chi connectivity index (χ3v) is 0.692. The van der Waals surface area contributed by atoms with E-state index in [-0.39, 0.29) is 4.91 Å². The molecule has 0 aliphatic carbocycles. The Morgan fingerprint density at radius 1 is 1.64 bits per heavy atom. The molecule has 1 rings (SSSR count). The van der Waals surface area contributed by atoms with E-state index in [1.807, 2.05) is 0 Å². The monoisotopic (exact) mass is 166 g/mol. The fourth-order valence-corrected chi connectivity index (χ4v) is 0.337. The molecule has 0 unspecified atom stereocenters. The molecule has 60 valence electrons. The summed E-state index contributed by atoms with van der Waals surface area (Å²) in [5.41, 5.74) is -1.54. The SMILES string of the molecule is O=[N+]([O-])c1nnn(N(F)F)n1. The molecule has 1 aromatic heterocycles. The lowest BCUT2D eigenvalue weighted by Gasteiger charge is -1.88. The normalized spacial score (nSPS) is 9.64. The summed E-state index contributed by atoms with van der Waals surface area (Å²) in [4.78, 5) is 8.46. The quantitative estimate of drug-likeness (QED) is 0.327. The van der Waals surface area contributed by atoms with E-state index in [0.29, 0.717) is 0 Å². The second-order valence-corrected chi connectivity index (χ2v) is 1.33. The van der Waals surface area contributed by atoms with Crippen LogP contribution in [0.15, 0.2) is 0 Å². The first-order chi connectivity index (χ1) is 5.11. The summed E-state index contributed by atoms with van der Waals surface area (Å²) < 4.78 is 22.9. The van der Waals surface area contributed by atoms with Crippen molar-refractivity contribution in [2.75, 3.05) is 5.45 Å². The number of halogens is 2. The average Bonchev–Trinajstić information content (AvgIpc) is 2.33. The van der Waals surface area contributed by atoms with Gasteiger partial charge in [-0.05, 0) is 13.9 Å². The van der Waals surface area contributed by atoms with Gasteiger partial charge in [-0.2, -0.15) is 0 Å². The molecule has 0 aliphatic rings. The number of rotatable bonds is 2. The van der Waals surface area contributed by atoms with E-state index in [1.54, 1.807) is 0 Å². The van der Waals surface area contributed by atoms with Gasteiger partial charge in [0.1, 0.15) is 0 Å². The van der Waals surface area contributed by atoms with Gasteiger partial charge in [-0.3, -0.25) is 0 Å². The van der Waals surface area contributed by atoms with Crippen molar-refractivity contribution >= 4 is 5.95 Å². The second kappa shape index (κ2) is 2.40. The molecule has 0 amide bonds. The molecule has 0 radical (unpaired) electrons. The van der Waals surface area contributed by atoms with Crippen LogP contribution in [0.1, 0.15) is 0 Å². The molecule has 0 fully saturated rings. The van der Waals surface area contributed by atoms with Crippen molar-refractivity contribution in [2.24, 2.45) is 0 Å². The zero-order chi connectivity index (χ0) is 8.43. The van der Waals surface area contributed by atoms with Crippen LogP contribution < -0.4 is 5.45 Å². The summed E-state index contributed by atoms with van der Waals surface area (Å²) in [5.74, 6) is -0.981. The fraction of sp³-hybridized carbons (Fsp3) is 0. The summed E-state index contributed by atoms with van der Waals surface area (Å²) in [6.07, 6.45) is 0. The first-order valence-corrected chi connectivity index (χ1v) is 2.17. The highest BCUT2D eigenvalue weighted by molar-refractivity contribution is 4.92. The predicted octanol–water partition coefficient (Wildman–Crippen LogP) is -0.712. The maximum atomic E-state index is 11.5. The Bertz CT molecular complexity index is 269. The van der Waals surface area contributed by atoms with Crippen molar-refractivity contribution in [3.8, 4) is 0 Å². The van der Waals surface area contributed by atoms with Crippen molar-refractivity contribution in [3.05, 3.63) is 10.1 Å². The molecule has 0 aromatic carbocycles. The van der Waals surface area contributed by atoms with Crippen molar-refractivity contribution < 1.29 is 13.9 Å². The predicted molar refractivity (Wildman–Crippen MR) is 24.9 cm³/mol. The van der Waals surface area contributed by atoms with Crippen molar-refractivity contribution in [2.45, 2.75) is 0 Å². The van der Waals surface area contributed by atoms with E-state index in [9.17, 15) is 19.1 Å². The molecular formula is CF2N6O2. The van der Waals surface area contributed by atoms with Crippen LogP contribution in [0.2, 0.25) is 0 Å². The van der Waals surface area contributed by atoms with Gasteiger partial charge >= 0.3 is 5.95 Å². The Hall–Kier alpha value is -1.87. The van der Waals surface area contributed by atoms with Gasteiger partial charge in [-0.1, -0.05) is 0 Å². The highest BCUT2D eigenvalue weighted by Crippen LogP contribution is 1.97. The van der Waals surface area contributed by atoms with Gasteiger partial charge < -0.3 is 10.1 Å². The van der Waals surface area contributed by atoms with Crippen molar-refractivity contribution in [3.63, 3.8) is 0 Å². The van der Waals surface area contributed by atoms with Crippen LogP contribution in [-0.4, -0.2) is 25.2 Å². The third kappa shape index (κ3) is 1.33. The molecule has 0 saturated heterocycles. The van der Waals surface area contributed by atoms with Gasteiger partial charge in [-0.25, -0.2) is 0 Å². The van der Waals surface area contributed by atoms with Crippen LogP contribution in [0.4, 0.5) is 14.9 Å². The van der Waals surface area contributed by atoms with E-state index in [0.717, 1.165) is 0 Å².